The van der Waals surface area contributed by atoms with Gasteiger partial charge in [0.15, 0.2) is 0 Å². The van der Waals surface area contributed by atoms with E-state index in [1.807, 2.05) is 31.2 Å². The van der Waals surface area contributed by atoms with Crippen molar-refractivity contribution in [1.82, 2.24) is 10.3 Å². The maximum atomic E-state index is 13.4. The van der Waals surface area contributed by atoms with Gasteiger partial charge >= 0.3 is 0 Å². The van der Waals surface area contributed by atoms with Crippen molar-refractivity contribution in [3.05, 3.63) is 71.2 Å². The van der Waals surface area contributed by atoms with Crippen molar-refractivity contribution in [2.75, 3.05) is 6.61 Å². The Hall–Kier alpha value is -2.66. The van der Waals surface area contributed by atoms with Crippen molar-refractivity contribution in [3.8, 4) is 0 Å². The number of H-pyrrole nitrogens is 1. The smallest absolute Gasteiger partial charge is 0.224 e. The first-order valence-corrected chi connectivity index (χ1v) is 8.27. The van der Waals surface area contributed by atoms with Gasteiger partial charge in [0, 0.05) is 17.1 Å². The summed E-state index contributed by atoms with van der Waals surface area (Å²) in [6.07, 6.45) is 2.42. The molecule has 2 aromatic carbocycles. The Balaban J connectivity index is 1.68. The number of aryl methyl sites for hydroxylation is 1. The van der Waals surface area contributed by atoms with E-state index in [1.165, 1.54) is 12.1 Å². The van der Waals surface area contributed by atoms with Gasteiger partial charge in [-0.15, -0.1) is 0 Å². The molecule has 0 saturated carbocycles. The van der Waals surface area contributed by atoms with Gasteiger partial charge in [-0.3, -0.25) is 4.79 Å². The number of fused-ring (bicyclic) bond motifs is 1. The fraction of sp³-hybridized carbons (Fsp3) is 0.250. The minimum Gasteiger partial charge on any atom is -0.394 e. The third-order valence-electron chi connectivity index (χ3n) is 4.39. The van der Waals surface area contributed by atoms with Crippen molar-refractivity contribution in [2.24, 2.45) is 0 Å². The molecule has 25 heavy (non-hydrogen) atoms. The summed E-state index contributed by atoms with van der Waals surface area (Å²) in [5.41, 5.74) is 3.75. The molecule has 1 heterocycles. The third-order valence-corrected chi connectivity index (χ3v) is 4.39. The Morgan fingerprint density at radius 3 is 2.80 bits per heavy atom. The van der Waals surface area contributed by atoms with E-state index in [0.717, 1.165) is 22.2 Å². The van der Waals surface area contributed by atoms with E-state index in [2.05, 4.69) is 10.3 Å². The van der Waals surface area contributed by atoms with Crippen molar-refractivity contribution < 1.29 is 14.3 Å². The molecule has 3 aromatic rings. The van der Waals surface area contributed by atoms with E-state index >= 15 is 0 Å². The molecule has 5 heteroatoms. The molecule has 0 bridgehead atoms. The lowest BCUT2D eigenvalue weighted by atomic mass is 10.0. The van der Waals surface area contributed by atoms with Gasteiger partial charge in [-0.2, -0.15) is 0 Å². The van der Waals surface area contributed by atoms with Crippen LogP contribution in [0.15, 0.2) is 48.7 Å². The van der Waals surface area contributed by atoms with E-state index in [4.69, 9.17) is 0 Å². The van der Waals surface area contributed by atoms with Gasteiger partial charge in [-0.1, -0.05) is 24.3 Å². The van der Waals surface area contributed by atoms with Crippen LogP contribution in [0.25, 0.3) is 10.9 Å². The lowest BCUT2D eigenvalue weighted by molar-refractivity contribution is -0.121. The number of halogens is 1. The highest BCUT2D eigenvalue weighted by atomic mass is 19.1. The SMILES string of the molecule is Cc1ccccc1C[C@H](CO)NC(=O)Cc1c[nH]c2ccc(F)cc12. The minimum atomic E-state index is -0.351. The zero-order valence-corrected chi connectivity index (χ0v) is 14.1. The molecule has 0 saturated heterocycles. The average Bonchev–Trinajstić information content (AvgIpc) is 2.98. The van der Waals surface area contributed by atoms with E-state index < -0.39 is 0 Å². The zero-order chi connectivity index (χ0) is 17.8. The van der Waals surface area contributed by atoms with Crippen LogP contribution in [0.2, 0.25) is 0 Å². The number of rotatable bonds is 6. The van der Waals surface area contributed by atoms with Crippen molar-refractivity contribution in [1.29, 1.82) is 0 Å². The number of amides is 1. The van der Waals surface area contributed by atoms with Gasteiger partial charge < -0.3 is 15.4 Å². The molecule has 0 unspecified atom stereocenters. The van der Waals surface area contributed by atoms with Crippen LogP contribution in [0.5, 0.6) is 0 Å². The third kappa shape index (κ3) is 4.06. The molecule has 1 aromatic heterocycles. The topological polar surface area (TPSA) is 65.1 Å². The molecule has 130 valence electrons. The molecule has 0 aliphatic carbocycles. The average molecular weight is 340 g/mol. The fourth-order valence-corrected chi connectivity index (χ4v) is 3.01. The largest absolute Gasteiger partial charge is 0.394 e. The summed E-state index contributed by atoms with van der Waals surface area (Å²) in [5.74, 6) is -0.528. The number of aromatic nitrogens is 1. The van der Waals surface area contributed by atoms with E-state index in [0.29, 0.717) is 11.8 Å². The summed E-state index contributed by atoms with van der Waals surface area (Å²) in [7, 11) is 0. The summed E-state index contributed by atoms with van der Waals surface area (Å²) in [6, 6.07) is 12.0. The van der Waals surface area contributed by atoms with Gasteiger partial charge in [0.25, 0.3) is 0 Å². The van der Waals surface area contributed by atoms with Crippen LogP contribution >= 0.6 is 0 Å². The first-order valence-electron chi connectivity index (χ1n) is 8.27. The van der Waals surface area contributed by atoms with Crippen LogP contribution in [0.4, 0.5) is 4.39 Å². The highest BCUT2D eigenvalue weighted by Gasteiger charge is 2.15. The Bertz CT molecular complexity index is 888. The first-order chi connectivity index (χ1) is 12.1. The number of nitrogens with one attached hydrogen (secondary N) is 2. The standard InChI is InChI=1S/C20H21FN2O2/c1-13-4-2-3-5-14(13)8-17(12-24)23-20(25)9-15-11-22-19-7-6-16(21)10-18(15)19/h2-7,10-11,17,22,24H,8-9,12H2,1H3,(H,23,25)/t17-/m1/s1. The van der Waals surface area contributed by atoms with Gasteiger partial charge in [0.05, 0.1) is 19.1 Å². The van der Waals surface area contributed by atoms with Crippen LogP contribution in [-0.4, -0.2) is 28.6 Å². The highest BCUT2D eigenvalue weighted by molar-refractivity contribution is 5.89. The summed E-state index contributed by atoms with van der Waals surface area (Å²) >= 11 is 0. The number of hydrogen-bond acceptors (Lipinski definition) is 2. The monoisotopic (exact) mass is 340 g/mol. The van der Waals surface area contributed by atoms with Gasteiger partial charge in [-0.25, -0.2) is 4.39 Å². The molecular formula is C20H21FN2O2. The number of aliphatic hydroxyl groups excluding tert-OH is 1. The maximum Gasteiger partial charge on any atom is 0.224 e. The number of carbonyl (C=O) groups excluding carboxylic acids is 1. The molecule has 3 rings (SSSR count). The predicted octanol–water partition coefficient (Wildman–Crippen LogP) is 2.88. The van der Waals surface area contributed by atoms with Crippen LogP contribution in [-0.2, 0) is 17.6 Å². The minimum absolute atomic E-state index is 0.133. The molecule has 3 N–H and O–H groups in total. The molecule has 1 atom stereocenters. The second-order valence-electron chi connectivity index (χ2n) is 6.26. The second kappa shape index (κ2) is 7.49. The zero-order valence-electron chi connectivity index (χ0n) is 14.1. The van der Waals surface area contributed by atoms with Crippen molar-refractivity contribution in [3.63, 3.8) is 0 Å². The number of aromatic amines is 1. The fourth-order valence-electron chi connectivity index (χ4n) is 3.01. The van der Waals surface area contributed by atoms with Crippen molar-refractivity contribution in [2.45, 2.75) is 25.8 Å². The molecule has 1 amide bonds. The molecule has 0 aliphatic heterocycles. The van der Waals surface area contributed by atoms with E-state index in [-0.39, 0.29) is 30.8 Å². The number of carbonyl (C=O) groups is 1. The summed E-state index contributed by atoms with van der Waals surface area (Å²) in [4.78, 5) is 15.4. The quantitative estimate of drug-likeness (QED) is 0.646. The Morgan fingerprint density at radius 2 is 2.04 bits per heavy atom. The summed E-state index contributed by atoms with van der Waals surface area (Å²) in [6.45, 7) is 1.87. The van der Waals surface area contributed by atoms with Gasteiger partial charge in [0.1, 0.15) is 5.82 Å². The lowest BCUT2D eigenvalue weighted by Crippen LogP contribution is -2.40. The Kier molecular flexibility index (Phi) is 5.14. The number of aliphatic hydroxyl groups is 1. The molecule has 0 fully saturated rings. The Labute approximate surface area is 145 Å². The Morgan fingerprint density at radius 1 is 1.24 bits per heavy atom. The molecule has 0 aliphatic rings. The second-order valence-corrected chi connectivity index (χ2v) is 6.26. The van der Waals surface area contributed by atoms with Crippen LogP contribution in [0.3, 0.4) is 0 Å². The molecule has 4 nitrogen and oxygen atoms in total. The molecule has 0 radical (unpaired) electrons. The summed E-state index contributed by atoms with van der Waals surface area (Å²) in [5, 5.41) is 13.2. The molecule has 0 spiro atoms. The van der Waals surface area contributed by atoms with Gasteiger partial charge in [0.2, 0.25) is 5.91 Å². The lowest BCUT2D eigenvalue weighted by Gasteiger charge is -2.17. The van der Waals surface area contributed by atoms with Crippen LogP contribution in [0, 0.1) is 12.7 Å². The van der Waals surface area contributed by atoms with Crippen LogP contribution < -0.4 is 5.32 Å². The van der Waals surface area contributed by atoms with E-state index in [1.54, 1.807) is 12.3 Å². The number of hydrogen-bond donors (Lipinski definition) is 3. The van der Waals surface area contributed by atoms with Gasteiger partial charge in [-0.05, 0) is 48.2 Å². The highest BCUT2D eigenvalue weighted by Crippen LogP contribution is 2.20. The predicted molar refractivity (Wildman–Crippen MR) is 95.9 cm³/mol. The number of benzene rings is 2. The van der Waals surface area contributed by atoms with Crippen molar-refractivity contribution >= 4 is 16.8 Å². The normalized spacial score (nSPS) is 12.3. The maximum absolute atomic E-state index is 13.4. The van der Waals surface area contributed by atoms with Crippen LogP contribution in [0.1, 0.15) is 16.7 Å². The first kappa shape index (κ1) is 17.2. The molecular weight excluding hydrogens is 319 g/mol. The van der Waals surface area contributed by atoms with E-state index in [9.17, 15) is 14.3 Å². The summed E-state index contributed by atoms with van der Waals surface area (Å²) < 4.78 is 13.4.